The Labute approximate surface area is 116 Å². The van der Waals surface area contributed by atoms with E-state index >= 15 is 0 Å². The molecule has 1 unspecified atom stereocenters. The van der Waals surface area contributed by atoms with E-state index in [1.165, 1.54) is 0 Å². The number of rotatable bonds is 7. The van der Waals surface area contributed by atoms with E-state index in [9.17, 15) is 4.79 Å². The van der Waals surface area contributed by atoms with Gasteiger partial charge in [-0.1, -0.05) is 27.2 Å². The Morgan fingerprint density at radius 1 is 1.32 bits per heavy atom. The monoisotopic (exact) mass is 263 g/mol. The Kier molecular flexibility index (Phi) is 6.33. The van der Waals surface area contributed by atoms with E-state index in [1.54, 1.807) is 6.07 Å². The van der Waals surface area contributed by atoms with Crippen molar-refractivity contribution in [2.24, 2.45) is 0 Å². The predicted molar refractivity (Wildman–Crippen MR) is 79.6 cm³/mol. The van der Waals surface area contributed by atoms with Crippen molar-refractivity contribution in [3.63, 3.8) is 0 Å². The molecule has 0 aliphatic rings. The van der Waals surface area contributed by atoms with Crippen LogP contribution in [0.3, 0.4) is 0 Å². The summed E-state index contributed by atoms with van der Waals surface area (Å²) in [4.78, 5) is 16.7. The van der Waals surface area contributed by atoms with Crippen LogP contribution in [0.25, 0.3) is 0 Å². The number of carbonyl (C=O) groups excluding carboxylic acids is 1. The second kappa shape index (κ2) is 7.77. The van der Waals surface area contributed by atoms with Gasteiger partial charge in [0, 0.05) is 24.3 Å². The lowest BCUT2D eigenvalue weighted by atomic mass is 10.1. The first kappa shape index (κ1) is 15.5. The number of aromatic nitrogens is 1. The largest absolute Gasteiger partial charge is 0.373 e. The molecule has 0 aliphatic heterocycles. The third-order valence-electron chi connectivity index (χ3n) is 3.22. The summed E-state index contributed by atoms with van der Waals surface area (Å²) in [6.07, 6.45) is 3.89. The maximum absolute atomic E-state index is 12.3. The molecule has 0 bridgehead atoms. The van der Waals surface area contributed by atoms with Crippen molar-refractivity contribution in [3.05, 3.63) is 23.4 Å². The quantitative estimate of drug-likeness (QED) is 0.795. The molecule has 4 nitrogen and oxygen atoms in total. The van der Waals surface area contributed by atoms with Gasteiger partial charge in [0.05, 0.1) is 0 Å². The van der Waals surface area contributed by atoms with E-state index in [1.807, 2.05) is 20.0 Å². The molecule has 1 rings (SSSR count). The van der Waals surface area contributed by atoms with Crippen LogP contribution in [0.2, 0.25) is 0 Å². The van der Waals surface area contributed by atoms with Gasteiger partial charge in [0.15, 0.2) is 0 Å². The van der Waals surface area contributed by atoms with Crippen molar-refractivity contribution in [2.75, 3.05) is 12.4 Å². The Morgan fingerprint density at radius 2 is 2.05 bits per heavy atom. The number of pyridine rings is 1. The van der Waals surface area contributed by atoms with Gasteiger partial charge in [0.25, 0.3) is 5.91 Å². The first-order valence-electron chi connectivity index (χ1n) is 7.14. The molecule has 1 atom stereocenters. The fraction of sp³-hybridized carbons (Fsp3) is 0.600. The fourth-order valence-electron chi connectivity index (χ4n) is 2.02. The standard InChI is InChI=1S/C15H25N3O/c1-5-8-12(6-2)18-15(19)11-9-13(7-3)17-14(10-11)16-4/h9-10,12H,5-8H2,1-4H3,(H,16,17)(H,18,19). The summed E-state index contributed by atoms with van der Waals surface area (Å²) in [5, 5.41) is 6.09. The van der Waals surface area contributed by atoms with E-state index in [2.05, 4.69) is 29.5 Å². The number of anilines is 1. The minimum absolute atomic E-state index is 0.00565. The zero-order chi connectivity index (χ0) is 14.3. The van der Waals surface area contributed by atoms with Crippen LogP contribution in [0.5, 0.6) is 0 Å². The highest BCUT2D eigenvalue weighted by Gasteiger charge is 2.13. The molecular formula is C15H25N3O. The molecule has 1 aromatic heterocycles. The number of hydrogen-bond acceptors (Lipinski definition) is 3. The maximum Gasteiger partial charge on any atom is 0.251 e. The second-order valence-electron chi connectivity index (χ2n) is 4.70. The van der Waals surface area contributed by atoms with E-state index in [0.717, 1.165) is 37.2 Å². The normalized spacial score (nSPS) is 12.0. The highest BCUT2D eigenvalue weighted by molar-refractivity contribution is 5.95. The van der Waals surface area contributed by atoms with Crippen molar-refractivity contribution in [2.45, 2.75) is 52.5 Å². The highest BCUT2D eigenvalue weighted by atomic mass is 16.1. The molecule has 0 aromatic carbocycles. The number of carbonyl (C=O) groups is 1. The van der Waals surface area contributed by atoms with Crippen LogP contribution in [0.1, 0.15) is 56.1 Å². The van der Waals surface area contributed by atoms with Crippen LogP contribution in [0.15, 0.2) is 12.1 Å². The molecule has 2 N–H and O–H groups in total. The van der Waals surface area contributed by atoms with E-state index in [4.69, 9.17) is 0 Å². The summed E-state index contributed by atoms with van der Waals surface area (Å²) in [6, 6.07) is 3.93. The minimum Gasteiger partial charge on any atom is -0.373 e. The van der Waals surface area contributed by atoms with E-state index in [-0.39, 0.29) is 11.9 Å². The van der Waals surface area contributed by atoms with Gasteiger partial charge in [-0.2, -0.15) is 0 Å². The highest BCUT2D eigenvalue weighted by Crippen LogP contribution is 2.12. The minimum atomic E-state index is -0.00565. The lowest BCUT2D eigenvalue weighted by Crippen LogP contribution is -2.34. The average Bonchev–Trinajstić information content (AvgIpc) is 2.45. The second-order valence-corrected chi connectivity index (χ2v) is 4.70. The summed E-state index contributed by atoms with van der Waals surface area (Å²) in [5.41, 5.74) is 1.62. The summed E-state index contributed by atoms with van der Waals surface area (Å²) in [6.45, 7) is 6.27. The molecule has 19 heavy (non-hydrogen) atoms. The van der Waals surface area contributed by atoms with Gasteiger partial charge in [-0.15, -0.1) is 0 Å². The van der Waals surface area contributed by atoms with Gasteiger partial charge in [-0.25, -0.2) is 4.98 Å². The SMILES string of the molecule is CCCC(CC)NC(=O)c1cc(CC)nc(NC)c1. The van der Waals surface area contributed by atoms with Crippen molar-refractivity contribution < 1.29 is 4.79 Å². The molecule has 0 fully saturated rings. The molecule has 0 spiro atoms. The van der Waals surface area contributed by atoms with Crippen LogP contribution in [0, 0.1) is 0 Å². The van der Waals surface area contributed by atoms with Crippen LogP contribution < -0.4 is 10.6 Å². The lowest BCUT2D eigenvalue weighted by molar-refractivity contribution is 0.0933. The molecular weight excluding hydrogens is 238 g/mol. The van der Waals surface area contributed by atoms with Crippen molar-refractivity contribution in [1.82, 2.24) is 10.3 Å². The van der Waals surface area contributed by atoms with Gasteiger partial charge in [-0.3, -0.25) is 4.79 Å². The molecule has 1 heterocycles. The number of nitrogens with zero attached hydrogens (tertiary/aromatic N) is 1. The first-order chi connectivity index (χ1) is 9.14. The van der Waals surface area contributed by atoms with Crippen LogP contribution >= 0.6 is 0 Å². The van der Waals surface area contributed by atoms with Crippen LogP contribution in [0.4, 0.5) is 5.82 Å². The van der Waals surface area contributed by atoms with Gasteiger partial charge >= 0.3 is 0 Å². The van der Waals surface area contributed by atoms with Crippen molar-refractivity contribution in [1.29, 1.82) is 0 Å². The molecule has 4 heteroatoms. The summed E-state index contributed by atoms with van der Waals surface area (Å²) in [5.74, 6) is 0.738. The third-order valence-corrected chi connectivity index (χ3v) is 3.22. The van der Waals surface area contributed by atoms with E-state index in [0.29, 0.717) is 5.56 Å². The van der Waals surface area contributed by atoms with Gasteiger partial charge < -0.3 is 10.6 Å². The molecule has 0 radical (unpaired) electrons. The van der Waals surface area contributed by atoms with Crippen LogP contribution in [-0.4, -0.2) is 24.0 Å². The molecule has 0 aliphatic carbocycles. The average molecular weight is 263 g/mol. The summed E-state index contributed by atoms with van der Waals surface area (Å²) < 4.78 is 0. The fourth-order valence-corrected chi connectivity index (χ4v) is 2.02. The Balaban J connectivity index is 2.86. The number of nitrogens with one attached hydrogen (secondary N) is 2. The number of hydrogen-bond donors (Lipinski definition) is 2. The topological polar surface area (TPSA) is 54.0 Å². The summed E-state index contributed by atoms with van der Waals surface area (Å²) >= 11 is 0. The van der Waals surface area contributed by atoms with Gasteiger partial charge in [0.2, 0.25) is 0 Å². The smallest absolute Gasteiger partial charge is 0.251 e. The van der Waals surface area contributed by atoms with Crippen molar-refractivity contribution in [3.8, 4) is 0 Å². The van der Waals surface area contributed by atoms with E-state index < -0.39 is 0 Å². The Morgan fingerprint density at radius 3 is 2.58 bits per heavy atom. The Hall–Kier alpha value is -1.58. The number of amides is 1. The Bertz CT molecular complexity index is 396. The zero-order valence-electron chi connectivity index (χ0n) is 12.4. The maximum atomic E-state index is 12.3. The van der Waals surface area contributed by atoms with Gasteiger partial charge in [0.1, 0.15) is 5.82 Å². The molecule has 0 saturated carbocycles. The zero-order valence-corrected chi connectivity index (χ0v) is 12.4. The molecule has 1 aromatic rings. The van der Waals surface area contributed by atoms with Crippen LogP contribution in [-0.2, 0) is 6.42 Å². The van der Waals surface area contributed by atoms with Gasteiger partial charge in [-0.05, 0) is 31.4 Å². The first-order valence-corrected chi connectivity index (χ1v) is 7.14. The predicted octanol–water partition coefficient (Wildman–Crippen LogP) is 2.99. The van der Waals surface area contributed by atoms with Crippen molar-refractivity contribution >= 4 is 11.7 Å². The molecule has 1 amide bonds. The lowest BCUT2D eigenvalue weighted by Gasteiger charge is -2.16. The molecule has 0 saturated heterocycles. The molecule has 106 valence electrons. The third kappa shape index (κ3) is 4.54. The summed E-state index contributed by atoms with van der Waals surface area (Å²) in [7, 11) is 1.81. The number of aryl methyl sites for hydroxylation is 1.